The Balaban J connectivity index is 1.49. The highest BCUT2D eigenvalue weighted by atomic mass is 19.1. The summed E-state index contributed by atoms with van der Waals surface area (Å²) < 4.78 is 33.6. The van der Waals surface area contributed by atoms with E-state index in [9.17, 15) is 13.6 Å². The molecule has 8 heteroatoms. The van der Waals surface area contributed by atoms with Crippen LogP contribution >= 0.6 is 0 Å². The van der Waals surface area contributed by atoms with Crippen LogP contribution in [0.3, 0.4) is 0 Å². The van der Waals surface area contributed by atoms with Gasteiger partial charge in [-0.05, 0) is 18.6 Å². The van der Waals surface area contributed by atoms with Crippen LogP contribution < -0.4 is 5.32 Å². The van der Waals surface area contributed by atoms with Crippen molar-refractivity contribution >= 4 is 5.91 Å². The lowest BCUT2D eigenvalue weighted by Gasteiger charge is -2.04. The number of hydrogen-bond donors (Lipinski definition) is 1. The van der Waals surface area contributed by atoms with Gasteiger partial charge in [0.25, 0.3) is 0 Å². The topological polar surface area (TPSA) is 73.0 Å². The van der Waals surface area contributed by atoms with Crippen LogP contribution in [0.5, 0.6) is 0 Å². The summed E-state index contributed by atoms with van der Waals surface area (Å²) in [6.45, 7) is 1.28. The van der Waals surface area contributed by atoms with Gasteiger partial charge in [0.2, 0.25) is 5.91 Å². The van der Waals surface area contributed by atoms with Crippen molar-refractivity contribution in [3.05, 3.63) is 60.3 Å². The molecular formula is C17H16F2N4O2. The second-order valence-electron chi connectivity index (χ2n) is 5.49. The largest absolute Gasteiger partial charge is 0.356 e. The molecule has 0 aliphatic heterocycles. The number of aryl methyl sites for hydroxylation is 1. The number of carbonyl (C=O) groups is 1. The molecule has 1 N–H and O–H groups in total. The summed E-state index contributed by atoms with van der Waals surface area (Å²) in [6, 6.07) is 4.64. The number of hydrogen-bond acceptors (Lipinski definition) is 4. The van der Waals surface area contributed by atoms with Gasteiger partial charge in [0.1, 0.15) is 11.6 Å². The van der Waals surface area contributed by atoms with E-state index in [0.717, 1.165) is 25.1 Å². The van der Waals surface area contributed by atoms with Crippen LogP contribution in [0.4, 0.5) is 8.78 Å². The van der Waals surface area contributed by atoms with Gasteiger partial charge < -0.3 is 14.4 Å². The summed E-state index contributed by atoms with van der Waals surface area (Å²) in [5.74, 6) is -1.46. The van der Waals surface area contributed by atoms with Gasteiger partial charge in [0.15, 0.2) is 5.76 Å². The summed E-state index contributed by atoms with van der Waals surface area (Å²) >= 11 is 0. The van der Waals surface area contributed by atoms with E-state index < -0.39 is 11.6 Å². The lowest BCUT2D eigenvalue weighted by molar-refractivity contribution is -0.120. The molecule has 6 nitrogen and oxygen atoms in total. The maximum absolute atomic E-state index is 13.7. The summed E-state index contributed by atoms with van der Waals surface area (Å²) in [5.41, 5.74) is 0.478. The minimum atomic E-state index is -0.744. The molecule has 0 fully saturated rings. The van der Waals surface area contributed by atoms with Gasteiger partial charge in [-0.2, -0.15) is 0 Å². The van der Waals surface area contributed by atoms with Gasteiger partial charge >= 0.3 is 0 Å². The molecule has 0 saturated carbocycles. The SMILES string of the molecule is O=C(Cc1cc(-c2ccc(F)cc2F)on1)NCCCn1ccnc1. The Morgan fingerprint density at radius 1 is 1.28 bits per heavy atom. The van der Waals surface area contributed by atoms with Gasteiger partial charge in [-0.25, -0.2) is 13.8 Å². The van der Waals surface area contributed by atoms with E-state index in [1.807, 2.05) is 10.8 Å². The van der Waals surface area contributed by atoms with Crippen LogP contribution in [-0.4, -0.2) is 27.2 Å². The van der Waals surface area contributed by atoms with E-state index in [0.29, 0.717) is 12.2 Å². The summed E-state index contributed by atoms with van der Waals surface area (Å²) in [4.78, 5) is 15.8. The molecule has 0 saturated heterocycles. The third-order valence-electron chi connectivity index (χ3n) is 3.57. The first-order chi connectivity index (χ1) is 12.1. The monoisotopic (exact) mass is 346 g/mol. The standard InChI is InChI=1S/C17H16F2N4O2/c18-12-2-3-14(15(19)8-12)16-9-13(22-25-16)10-17(24)21-4-1-6-23-7-5-20-11-23/h2-3,5,7-9,11H,1,4,6,10H2,(H,21,24). The highest BCUT2D eigenvalue weighted by Gasteiger charge is 2.14. The van der Waals surface area contributed by atoms with Crippen molar-refractivity contribution in [1.29, 1.82) is 0 Å². The zero-order valence-electron chi connectivity index (χ0n) is 13.3. The van der Waals surface area contributed by atoms with Crippen molar-refractivity contribution in [3.8, 4) is 11.3 Å². The van der Waals surface area contributed by atoms with Gasteiger partial charge in [-0.1, -0.05) is 5.16 Å². The molecule has 25 heavy (non-hydrogen) atoms. The lowest BCUT2D eigenvalue weighted by Crippen LogP contribution is -2.26. The molecule has 2 aromatic heterocycles. The zero-order valence-corrected chi connectivity index (χ0v) is 13.3. The van der Waals surface area contributed by atoms with E-state index in [1.165, 1.54) is 12.1 Å². The third-order valence-corrected chi connectivity index (χ3v) is 3.57. The Morgan fingerprint density at radius 3 is 2.92 bits per heavy atom. The second kappa shape index (κ2) is 7.69. The smallest absolute Gasteiger partial charge is 0.226 e. The minimum absolute atomic E-state index is 0.0252. The van der Waals surface area contributed by atoms with Crippen molar-refractivity contribution in [3.63, 3.8) is 0 Å². The molecule has 0 bridgehead atoms. The normalized spacial score (nSPS) is 10.8. The van der Waals surface area contributed by atoms with Gasteiger partial charge in [0.05, 0.1) is 24.0 Å². The summed E-state index contributed by atoms with van der Waals surface area (Å²) in [5, 5.41) is 6.54. The quantitative estimate of drug-likeness (QED) is 0.668. The van der Waals surface area contributed by atoms with Crippen LogP contribution in [0, 0.1) is 11.6 Å². The number of carbonyl (C=O) groups excluding carboxylic acids is 1. The van der Waals surface area contributed by atoms with Crippen molar-refractivity contribution in [1.82, 2.24) is 20.0 Å². The van der Waals surface area contributed by atoms with Crippen LogP contribution in [0.1, 0.15) is 12.1 Å². The van der Waals surface area contributed by atoms with Gasteiger partial charge in [0, 0.05) is 37.6 Å². The molecule has 1 amide bonds. The molecule has 130 valence electrons. The molecule has 1 aromatic carbocycles. The maximum Gasteiger partial charge on any atom is 0.226 e. The Morgan fingerprint density at radius 2 is 2.16 bits per heavy atom. The number of halogens is 2. The van der Waals surface area contributed by atoms with E-state index in [-0.39, 0.29) is 23.7 Å². The predicted octanol–water partition coefficient (Wildman–Crippen LogP) is 2.57. The number of nitrogens with one attached hydrogen (secondary N) is 1. The highest BCUT2D eigenvalue weighted by Crippen LogP contribution is 2.24. The number of amides is 1. The molecule has 0 atom stereocenters. The van der Waals surface area contributed by atoms with E-state index in [4.69, 9.17) is 4.52 Å². The van der Waals surface area contributed by atoms with Crippen molar-refractivity contribution in [2.24, 2.45) is 0 Å². The average molecular weight is 346 g/mol. The van der Waals surface area contributed by atoms with Crippen LogP contribution in [-0.2, 0) is 17.8 Å². The van der Waals surface area contributed by atoms with Gasteiger partial charge in [-0.15, -0.1) is 0 Å². The van der Waals surface area contributed by atoms with Crippen molar-refractivity contribution in [2.45, 2.75) is 19.4 Å². The average Bonchev–Trinajstić information content (AvgIpc) is 3.23. The number of aromatic nitrogens is 3. The molecule has 3 aromatic rings. The Labute approximate surface area is 142 Å². The molecule has 0 spiro atoms. The van der Waals surface area contributed by atoms with Crippen molar-refractivity contribution in [2.75, 3.05) is 6.54 Å². The summed E-state index contributed by atoms with van der Waals surface area (Å²) in [6.07, 6.45) is 6.07. The zero-order chi connectivity index (χ0) is 17.6. The predicted molar refractivity (Wildman–Crippen MR) is 85.4 cm³/mol. The molecule has 0 radical (unpaired) electrons. The first-order valence-corrected chi connectivity index (χ1v) is 7.75. The number of imidazole rings is 1. The van der Waals surface area contributed by atoms with E-state index in [2.05, 4.69) is 15.5 Å². The van der Waals surface area contributed by atoms with Crippen LogP contribution in [0.2, 0.25) is 0 Å². The molecular weight excluding hydrogens is 330 g/mol. The lowest BCUT2D eigenvalue weighted by atomic mass is 10.1. The third kappa shape index (κ3) is 4.50. The Kier molecular flexibility index (Phi) is 5.17. The van der Waals surface area contributed by atoms with E-state index in [1.54, 1.807) is 12.5 Å². The van der Waals surface area contributed by atoms with Crippen LogP contribution in [0.25, 0.3) is 11.3 Å². The number of rotatable bonds is 7. The fourth-order valence-electron chi connectivity index (χ4n) is 2.35. The Hall–Kier alpha value is -3.03. The second-order valence-corrected chi connectivity index (χ2v) is 5.49. The van der Waals surface area contributed by atoms with E-state index >= 15 is 0 Å². The minimum Gasteiger partial charge on any atom is -0.356 e. The van der Waals surface area contributed by atoms with Crippen LogP contribution in [0.15, 0.2) is 47.5 Å². The fourth-order valence-corrected chi connectivity index (χ4v) is 2.35. The fraction of sp³-hybridized carbons (Fsp3) is 0.235. The number of nitrogens with zero attached hydrogens (tertiary/aromatic N) is 3. The molecule has 2 heterocycles. The summed E-state index contributed by atoms with van der Waals surface area (Å²) in [7, 11) is 0. The van der Waals surface area contributed by atoms with Gasteiger partial charge in [-0.3, -0.25) is 4.79 Å². The number of benzene rings is 1. The van der Waals surface area contributed by atoms with Crippen molar-refractivity contribution < 1.29 is 18.1 Å². The first kappa shape index (κ1) is 16.8. The molecule has 0 unspecified atom stereocenters. The first-order valence-electron chi connectivity index (χ1n) is 7.75. The Bertz CT molecular complexity index is 846. The highest BCUT2D eigenvalue weighted by molar-refractivity contribution is 5.78. The molecule has 0 aliphatic carbocycles. The molecule has 0 aliphatic rings. The molecule has 3 rings (SSSR count). The maximum atomic E-state index is 13.7.